The molecule has 1 aromatic rings. The van der Waals surface area contributed by atoms with Crippen LogP contribution in [0.4, 0.5) is 0 Å². The number of nitrogens with two attached hydrogens (primary N) is 1. The Kier molecular flexibility index (Phi) is 3.96. The summed E-state index contributed by atoms with van der Waals surface area (Å²) in [7, 11) is 3.57. The summed E-state index contributed by atoms with van der Waals surface area (Å²) in [6.45, 7) is 0.442. The van der Waals surface area contributed by atoms with Crippen LogP contribution in [0.15, 0.2) is 29.8 Å². The zero-order chi connectivity index (χ0) is 15.7. The van der Waals surface area contributed by atoms with Crippen LogP contribution in [0.1, 0.15) is 37.7 Å². The normalized spacial score (nSPS) is 20.9. The smallest absolute Gasteiger partial charge is 0.255 e. The second-order valence-corrected chi connectivity index (χ2v) is 6.24. The summed E-state index contributed by atoms with van der Waals surface area (Å²) in [6, 6.07) is 7.71. The number of ether oxygens (including phenoxy) is 1. The number of amides is 1. The summed E-state index contributed by atoms with van der Waals surface area (Å²) in [5.41, 5.74) is 8.79. The highest BCUT2D eigenvalue weighted by Gasteiger charge is 2.49. The SMILES string of the molecule is COc1ccc(C2=C(CN)C3(CCCCC3)N(C)C2=O)cc1. The lowest BCUT2D eigenvalue weighted by atomic mass is 9.75. The number of hydrogen-bond donors (Lipinski definition) is 1. The standard InChI is InChI=1S/C18H24N2O2/c1-20-17(21)16(13-6-8-14(22-2)9-7-13)15(12-19)18(20)10-4-3-5-11-18/h6-9H,3-5,10-12,19H2,1-2H3. The molecule has 1 saturated carbocycles. The van der Waals surface area contributed by atoms with Gasteiger partial charge in [-0.1, -0.05) is 31.4 Å². The first-order valence-electron chi connectivity index (χ1n) is 8.00. The van der Waals surface area contributed by atoms with E-state index in [4.69, 9.17) is 10.5 Å². The average Bonchev–Trinajstić information content (AvgIpc) is 2.77. The molecule has 4 nitrogen and oxygen atoms in total. The Labute approximate surface area is 131 Å². The van der Waals surface area contributed by atoms with Gasteiger partial charge in [-0.3, -0.25) is 4.79 Å². The van der Waals surface area contributed by atoms with Crippen molar-refractivity contribution in [1.29, 1.82) is 0 Å². The van der Waals surface area contributed by atoms with E-state index in [0.29, 0.717) is 6.54 Å². The van der Waals surface area contributed by atoms with Gasteiger partial charge < -0.3 is 15.4 Å². The summed E-state index contributed by atoms with van der Waals surface area (Å²) < 4.78 is 5.21. The summed E-state index contributed by atoms with van der Waals surface area (Å²) in [5.74, 6) is 0.900. The number of benzene rings is 1. The number of carbonyl (C=O) groups is 1. The quantitative estimate of drug-likeness (QED) is 0.933. The van der Waals surface area contributed by atoms with E-state index in [1.165, 1.54) is 6.42 Å². The van der Waals surface area contributed by atoms with Crippen LogP contribution in [0.5, 0.6) is 5.75 Å². The molecule has 3 rings (SSSR count). The second-order valence-electron chi connectivity index (χ2n) is 6.24. The predicted octanol–water partition coefficient (Wildman–Crippen LogP) is 2.58. The number of likely N-dealkylation sites (N-methyl/N-ethyl adjacent to an activating group) is 1. The summed E-state index contributed by atoms with van der Waals surface area (Å²) >= 11 is 0. The van der Waals surface area contributed by atoms with Crippen molar-refractivity contribution in [3.63, 3.8) is 0 Å². The fourth-order valence-corrected chi connectivity index (χ4v) is 4.05. The molecule has 1 spiro atoms. The molecule has 0 bridgehead atoms. The number of carbonyl (C=O) groups excluding carboxylic acids is 1. The third kappa shape index (κ3) is 2.13. The van der Waals surface area contributed by atoms with Gasteiger partial charge in [-0.25, -0.2) is 0 Å². The van der Waals surface area contributed by atoms with Gasteiger partial charge in [-0.05, 0) is 36.1 Å². The Balaban J connectivity index is 2.09. The zero-order valence-electron chi connectivity index (χ0n) is 13.4. The molecule has 1 amide bonds. The van der Waals surface area contributed by atoms with Crippen LogP contribution < -0.4 is 10.5 Å². The van der Waals surface area contributed by atoms with Crippen LogP contribution in [0.25, 0.3) is 5.57 Å². The van der Waals surface area contributed by atoms with Crippen LogP contribution in [0, 0.1) is 0 Å². The van der Waals surface area contributed by atoms with Crippen molar-refractivity contribution in [3.05, 3.63) is 35.4 Å². The Morgan fingerprint density at radius 2 is 1.82 bits per heavy atom. The van der Waals surface area contributed by atoms with Crippen LogP contribution in [0.3, 0.4) is 0 Å². The highest BCUT2D eigenvalue weighted by atomic mass is 16.5. The van der Waals surface area contributed by atoms with Gasteiger partial charge >= 0.3 is 0 Å². The molecule has 118 valence electrons. The number of methoxy groups -OCH3 is 1. The van der Waals surface area contributed by atoms with Gasteiger partial charge in [0.05, 0.1) is 12.6 Å². The fraction of sp³-hybridized carbons (Fsp3) is 0.500. The predicted molar refractivity (Wildman–Crippen MR) is 87.6 cm³/mol. The third-order valence-electron chi connectivity index (χ3n) is 5.29. The van der Waals surface area contributed by atoms with E-state index >= 15 is 0 Å². The Morgan fingerprint density at radius 1 is 1.18 bits per heavy atom. The first kappa shape index (κ1) is 15.1. The lowest BCUT2D eigenvalue weighted by Gasteiger charge is -2.41. The molecule has 4 heteroatoms. The van der Waals surface area contributed by atoms with E-state index in [0.717, 1.165) is 48.1 Å². The van der Waals surface area contributed by atoms with E-state index in [1.807, 2.05) is 36.2 Å². The van der Waals surface area contributed by atoms with Crippen molar-refractivity contribution in [2.45, 2.75) is 37.6 Å². The molecule has 0 saturated heterocycles. The zero-order valence-corrected chi connectivity index (χ0v) is 13.4. The Hall–Kier alpha value is -1.81. The van der Waals surface area contributed by atoms with Crippen LogP contribution >= 0.6 is 0 Å². The van der Waals surface area contributed by atoms with E-state index in [1.54, 1.807) is 7.11 Å². The van der Waals surface area contributed by atoms with Gasteiger partial charge in [-0.15, -0.1) is 0 Å². The van der Waals surface area contributed by atoms with Gasteiger partial charge in [0.1, 0.15) is 5.75 Å². The van der Waals surface area contributed by atoms with E-state index < -0.39 is 0 Å². The van der Waals surface area contributed by atoms with Crippen molar-refractivity contribution in [1.82, 2.24) is 4.90 Å². The second kappa shape index (κ2) is 5.76. The van der Waals surface area contributed by atoms with Crippen LogP contribution in [-0.4, -0.2) is 37.0 Å². The molecule has 1 aliphatic heterocycles. The summed E-state index contributed by atoms with van der Waals surface area (Å²) in [5, 5.41) is 0. The van der Waals surface area contributed by atoms with Crippen molar-refractivity contribution in [3.8, 4) is 5.75 Å². The lowest BCUT2D eigenvalue weighted by Crippen LogP contribution is -2.48. The third-order valence-corrected chi connectivity index (χ3v) is 5.29. The first-order chi connectivity index (χ1) is 10.6. The summed E-state index contributed by atoms with van der Waals surface area (Å²) in [6.07, 6.45) is 5.64. The maximum Gasteiger partial charge on any atom is 0.255 e. The molecule has 2 N–H and O–H groups in total. The Morgan fingerprint density at radius 3 is 2.36 bits per heavy atom. The van der Waals surface area contributed by atoms with Crippen molar-refractivity contribution in [2.75, 3.05) is 20.7 Å². The van der Waals surface area contributed by atoms with Crippen molar-refractivity contribution < 1.29 is 9.53 Å². The highest BCUT2D eigenvalue weighted by molar-refractivity contribution is 6.23. The number of nitrogens with zero attached hydrogens (tertiary/aromatic N) is 1. The minimum Gasteiger partial charge on any atom is -0.497 e. The molecule has 1 heterocycles. The number of rotatable bonds is 3. The molecule has 0 unspecified atom stereocenters. The molecular formula is C18H24N2O2. The molecule has 1 aliphatic carbocycles. The summed E-state index contributed by atoms with van der Waals surface area (Å²) in [4.78, 5) is 14.8. The molecule has 1 fully saturated rings. The average molecular weight is 300 g/mol. The van der Waals surface area contributed by atoms with E-state index in [2.05, 4.69) is 0 Å². The van der Waals surface area contributed by atoms with Crippen LogP contribution in [0.2, 0.25) is 0 Å². The molecule has 1 aromatic carbocycles. The van der Waals surface area contributed by atoms with E-state index in [-0.39, 0.29) is 11.4 Å². The van der Waals surface area contributed by atoms with Gasteiger partial charge in [-0.2, -0.15) is 0 Å². The number of hydrogen-bond acceptors (Lipinski definition) is 3. The fourth-order valence-electron chi connectivity index (χ4n) is 4.05. The highest BCUT2D eigenvalue weighted by Crippen LogP contribution is 2.47. The van der Waals surface area contributed by atoms with Crippen molar-refractivity contribution >= 4 is 11.5 Å². The van der Waals surface area contributed by atoms with Crippen molar-refractivity contribution in [2.24, 2.45) is 5.73 Å². The molecule has 0 aromatic heterocycles. The maximum atomic E-state index is 12.9. The van der Waals surface area contributed by atoms with Gasteiger partial charge in [0.15, 0.2) is 0 Å². The largest absolute Gasteiger partial charge is 0.497 e. The first-order valence-corrected chi connectivity index (χ1v) is 8.00. The minimum atomic E-state index is -0.153. The van der Waals surface area contributed by atoms with Crippen LogP contribution in [-0.2, 0) is 4.79 Å². The maximum absolute atomic E-state index is 12.9. The van der Waals surface area contributed by atoms with E-state index in [9.17, 15) is 4.79 Å². The molecular weight excluding hydrogens is 276 g/mol. The molecule has 2 aliphatic rings. The molecule has 0 atom stereocenters. The van der Waals surface area contributed by atoms with Gasteiger partial charge in [0.2, 0.25) is 0 Å². The Bertz CT molecular complexity index is 598. The van der Waals surface area contributed by atoms with Gasteiger partial charge in [0, 0.05) is 19.2 Å². The minimum absolute atomic E-state index is 0.104. The molecule has 0 radical (unpaired) electrons. The monoisotopic (exact) mass is 300 g/mol. The lowest BCUT2D eigenvalue weighted by molar-refractivity contribution is -0.127. The molecule has 22 heavy (non-hydrogen) atoms. The topological polar surface area (TPSA) is 55.6 Å². The van der Waals surface area contributed by atoms with Gasteiger partial charge in [0.25, 0.3) is 5.91 Å².